The second-order valence-electron chi connectivity index (χ2n) is 7.47. The lowest BCUT2D eigenvalue weighted by molar-refractivity contribution is 0.0782. The molecule has 1 saturated carbocycles. The van der Waals surface area contributed by atoms with Crippen LogP contribution in [0.1, 0.15) is 34.8 Å². The number of hydrogen-bond acceptors (Lipinski definition) is 5. The number of likely N-dealkylation sites (tertiary alicyclic amines) is 1. The molecule has 25 heavy (non-hydrogen) atoms. The topological polar surface area (TPSA) is 62.2 Å². The Balaban J connectivity index is 1.23. The molecule has 0 spiro atoms. The normalized spacial score (nSPS) is 25.3. The molecule has 2 aromatic heterocycles. The summed E-state index contributed by atoms with van der Waals surface area (Å²) in [7, 11) is 0. The van der Waals surface area contributed by atoms with Crippen LogP contribution < -0.4 is 4.90 Å². The van der Waals surface area contributed by atoms with Gasteiger partial charge in [0.15, 0.2) is 5.82 Å². The van der Waals surface area contributed by atoms with Crippen LogP contribution in [0.25, 0.3) is 0 Å². The van der Waals surface area contributed by atoms with Crippen molar-refractivity contribution in [3.8, 4) is 0 Å². The molecular formula is C19H21N5O. The zero-order chi connectivity index (χ0) is 16.8. The van der Waals surface area contributed by atoms with Gasteiger partial charge in [-0.05, 0) is 37.1 Å². The van der Waals surface area contributed by atoms with Gasteiger partial charge in [0.1, 0.15) is 0 Å². The number of fused-ring (bicyclic) bond motifs is 1. The largest absolute Gasteiger partial charge is 0.354 e. The Bertz CT molecular complexity index is 760. The van der Waals surface area contributed by atoms with E-state index in [1.165, 1.54) is 12.8 Å². The molecule has 2 atom stereocenters. The fourth-order valence-corrected chi connectivity index (χ4v) is 4.12. The summed E-state index contributed by atoms with van der Waals surface area (Å²) in [6, 6.07) is 7.90. The van der Waals surface area contributed by atoms with Gasteiger partial charge in [0.05, 0.1) is 11.3 Å². The summed E-state index contributed by atoms with van der Waals surface area (Å²) in [5.41, 5.74) is 1.82. The van der Waals surface area contributed by atoms with Gasteiger partial charge in [0.25, 0.3) is 5.91 Å². The Labute approximate surface area is 146 Å². The van der Waals surface area contributed by atoms with Crippen molar-refractivity contribution in [1.29, 1.82) is 0 Å². The SMILES string of the molecule is O=C(c1cccnc1)N1CC2CN(c3ccc(C4CC4)nn3)CC2C1. The summed E-state index contributed by atoms with van der Waals surface area (Å²) < 4.78 is 0. The number of pyridine rings is 1. The van der Waals surface area contributed by atoms with E-state index < -0.39 is 0 Å². The molecule has 2 saturated heterocycles. The van der Waals surface area contributed by atoms with Gasteiger partial charge >= 0.3 is 0 Å². The van der Waals surface area contributed by atoms with E-state index in [-0.39, 0.29) is 5.91 Å². The molecule has 3 aliphatic rings. The Morgan fingerprint density at radius 1 is 1.00 bits per heavy atom. The first-order chi connectivity index (χ1) is 12.3. The first kappa shape index (κ1) is 14.8. The van der Waals surface area contributed by atoms with Gasteiger partial charge in [-0.15, -0.1) is 5.10 Å². The van der Waals surface area contributed by atoms with Crippen molar-refractivity contribution in [3.05, 3.63) is 47.9 Å². The van der Waals surface area contributed by atoms with Gasteiger partial charge in [-0.2, -0.15) is 5.10 Å². The average molecular weight is 335 g/mol. The van der Waals surface area contributed by atoms with E-state index in [4.69, 9.17) is 0 Å². The van der Waals surface area contributed by atoms with Crippen molar-refractivity contribution in [1.82, 2.24) is 20.1 Å². The van der Waals surface area contributed by atoms with Gasteiger partial charge in [0.2, 0.25) is 0 Å². The molecule has 0 N–H and O–H groups in total. The highest BCUT2D eigenvalue weighted by molar-refractivity contribution is 5.94. The molecule has 6 heteroatoms. The molecule has 5 rings (SSSR count). The Morgan fingerprint density at radius 2 is 1.80 bits per heavy atom. The van der Waals surface area contributed by atoms with Crippen molar-refractivity contribution in [2.45, 2.75) is 18.8 Å². The van der Waals surface area contributed by atoms with Gasteiger partial charge in [-0.3, -0.25) is 9.78 Å². The van der Waals surface area contributed by atoms with E-state index in [9.17, 15) is 4.79 Å². The highest BCUT2D eigenvalue weighted by Crippen LogP contribution is 2.39. The molecule has 2 aliphatic heterocycles. The molecule has 2 aromatic rings. The summed E-state index contributed by atoms with van der Waals surface area (Å²) in [6.45, 7) is 3.56. The maximum atomic E-state index is 12.6. The number of carbonyl (C=O) groups is 1. The third-order valence-corrected chi connectivity index (χ3v) is 5.67. The van der Waals surface area contributed by atoms with E-state index >= 15 is 0 Å². The molecule has 1 amide bonds. The zero-order valence-corrected chi connectivity index (χ0v) is 14.1. The van der Waals surface area contributed by atoms with Crippen molar-refractivity contribution < 1.29 is 4.79 Å². The molecular weight excluding hydrogens is 314 g/mol. The predicted octanol–water partition coefficient (Wildman–Crippen LogP) is 1.96. The maximum absolute atomic E-state index is 12.6. The molecule has 2 unspecified atom stereocenters. The van der Waals surface area contributed by atoms with Crippen LogP contribution in [0, 0.1) is 11.8 Å². The van der Waals surface area contributed by atoms with Crippen LogP contribution in [-0.2, 0) is 0 Å². The third-order valence-electron chi connectivity index (χ3n) is 5.67. The van der Waals surface area contributed by atoms with E-state index in [1.54, 1.807) is 12.4 Å². The number of aromatic nitrogens is 3. The summed E-state index contributed by atoms with van der Waals surface area (Å²) in [5.74, 6) is 2.76. The highest BCUT2D eigenvalue weighted by Gasteiger charge is 2.42. The van der Waals surface area contributed by atoms with E-state index in [1.807, 2.05) is 17.0 Å². The van der Waals surface area contributed by atoms with Crippen molar-refractivity contribution in [2.75, 3.05) is 31.1 Å². The second-order valence-corrected chi connectivity index (χ2v) is 7.47. The Hall–Kier alpha value is -2.50. The van der Waals surface area contributed by atoms with Gasteiger partial charge in [-0.25, -0.2) is 0 Å². The number of amides is 1. The third kappa shape index (κ3) is 2.75. The van der Waals surface area contributed by atoms with Crippen LogP contribution in [0.3, 0.4) is 0 Å². The molecule has 6 nitrogen and oxygen atoms in total. The maximum Gasteiger partial charge on any atom is 0.255 e. The quantitative estimate of drug-likeness (QED) is 0.858. The minimum atomic E-state index is 0.0997. The molecule has 128 valence electrons. The highest BCUT2D eigenvalue weighted by atomic mass is 16.2. The average Bonchev–Trinajstić information content (AvgIpc) is 3.32. The molecule has 0 aromatic carbocycles. The standard InChI is InChI=1S/C19H21N5O/c25-19(14-2-1-7-20-8-14)24-11-15-9-23(10-16(15)12-24)18-6-5-17(21-22-18)13-3-4-13/h1-2,5-8,13,15-16H,3-4,9-12H2. The first-order valence-electron chi connectivity index (χ1n) is 9.06. The Kier molecular flexibility index (Phi) is 3.43. The van der Waals surface area contributed by atoms with Gasteiger partial charge < -0.3 is 9.80 Å². The van der Waals surface area contributed by atoms with Gasteiger partial charge in [0, 0.05) is 56.3 Å². The van der Waals surface area contributed by atoms with Crippen LogP contribution in [0.4, 0.5) is 5.82 Å². The van der Waals surface area contributed by atoms with Crippen LogP contribution in [0.5, 0.6) is 0 Å². The van der Waals surface area contributed by atoms with Crippen LogP contribution in [0.2, 0.25) is 0 Å². The minimum Gasteiger partial charge on any atom is -0.354 e. The van der Waals surface area contributed by atoms with Crippen LogP contribution in [0.15, 0.2) is 36.7 Å². The van der Waals surface area contributed by atoms with Crippen molar-refractivity contribution in [3.63, 3.8) is 0 Å². The number of anilines is 1. The molecule has 3 fully saturated rings. The zero-order valence-electron chi connectivity index (χ0n) is 14.1. The summed E-state index contributed by atoms with van der Waals surface area (Å²) in [5, 5.41) is 8.84. The summed E-state index contributed by atoms with van der Waals surface area (Å²) >= 11 is 0. The Morgan fingerprint density at radius 3 is 2.40 bits per heavy atom. The summed E-state index contributed by atoms with van der Waals surface area (Å²) in [6.07, 6.45) is 5.86. The fraction of sp³-hybridized carbons (Fsp3) is 0.474. The lowest BCUT2D eigenvalue weighted by Crippen LogP contribution is -2.33. The van der Waals surface area contributed by atoms with Crippen LogP contribution in [-0.4, -0.2) is 52.2 Å². The lowest BCUT2D eigenvalue weighted by atomic mass is 10.0. The predicted molar refractivity (Wildman–Crippen MR) is 93.3 cm³/mol. The second kappa shape index (κ2) is 5.79. The smallest absolute Gasteiger partial charge is 0.255 e. The first-order valence-corrected chi connectivity index (χ1v) is 9.06. The number of nitrogens with zero attached hydrogens (tertiary/aromatic N) is 5. The lowest BCUT2D eigenvalue weighted by Gasteiger charge is -2.22. The number of carbonyl (C=O) groups excluding carboxylic acids is 1. The minimum absolute atomic E-state index is 0.0997. The van der Waals surface area contributed by atoms with E-state index in [2.05, 4.69) is 32.2 Å². The number of hydrogen-bond donors (Lipinski definition) is 0. The molecule has 0 radical (unpaired) electrons. The molecule has 1 aliphatic carbocycles. The van der Waals surface area contributed by atoms with Gasteiger partial charge in [-0.1, -0.05) is 0 Å². The number of rotatable bonds is 3. The molecule has 0 bridgehead atoms. The van der Waals surface area contributed by atoms with E-state index in [0.29, 0.717) is 23.3 Å². The van der Waals surface area contributed by atoms with Crippen LogP contribution >= 0.6 is 0 Å². The fourth-order valence-electron chi connectivity index (χ4n) is 4.12. The molecule has 4 heterocycles. The monoisotopic (exact) mass is 335 g/mol. The van der Waals surface area contributed by atoms with Crippen molar-refractivity contribution >= 4 is 11.7 Å². The summed E-state index contributed by atoms with van der Waals surface area (Å²) in [4.78, 5) is 20.9. The van der Waals surface area contributed by atoms with E-state index in [0.717, 1.165) is 37.7 Å². The van der Waals surface area contributed by atoms with Crippen molar-refractivity contribution in [2.24, 2.45) is 11.8 Å².